The van der Waals surface area contributed by atoms with E-state index < -0.39 is 5.97 Å². The maximum atomic E-state index is 12.0. The molecule has 0 aliphatic heterocycles. The lowest BCUT2D eigenvalue weighted by molar-refractivity contribution is 0.0473. The second-order valence-electron chi connectivity index (χ2n) is 4.25. The fourth-order valence-corrected chi connectivity index (χ4v) is 2.26. The minimum Gasteiger partial charge on any atom is -0.457 e. The molecule has 0 radical (unpaired) electrons. The maximum Gasteiger partial charge on any atom is 0.340 e. The highest BCUT2D eigenvalue weighted by atomic mass is 79.9. The molecule has 0 fully saturated rings. The van der Waals surface area contributed by atoms with Crippen molar-refractivity contribution in [2.24, 2.45) is 0 Å². The van der Waals surface area contributed by atoms with E-state index in [0.717, 1.165) is 15.6 Å². The first-order chi connectivity index (χ1) is 9.08. The van der Waals surface area contributed by atoms with E-state index in [1.165, 1.54) is 0 Å². The van der Waals surface area contributed by atoms with Gasteiger partial charge in [-0.05, 0) is 36.2 Å². The number of rotatable bonds is 3. The molecule has 0 spiro atoms. The monoisotopic (exact) mass is 319 g/mol. The Labute approximate surface area is 120 Å². The minimum atomic E-state index is -0.393. The average Bonchev–Trinajstić information content (AvgIpc) is 2.36. The third kappa shape index (κ3) is 3.35. The molecule has 3 nitrogen and oxygen atoms in total. The molecule has 0 aromatic heterocycles. The maximum absolute atomic E-state index is 12.0. The van der Waals surface area contributed by atoms with E-state index in [-0.39, 0.29) is 6.61 Å². The van der Waals surface area contributed by atoms with Crippen molar-refractivity contribution in [1.82, 2.24) is 0 Å². The fraction of sp³-hybridized carbons (Fsp3) is 0.133. The van der Waals surface area contributed by atoms with E-state index in [0.29, 0.717) is 11.3 Å². The van der Waals surface area contributed by atoms with Gasteiger partial charge in [0.05, 0.1) is 5.56 Å². The van der Waals surface area contributed by atoms with Crippen molar-refractivity contribution in [1.29, 1.82) is 0 Å². The minimum absolute atomic E-state index is 0.228. The van der Waals surface area contributed by atoms with Crippen molar-refractivity contribution >= 4 is 27.6 Å². The summed E-state index contributed by atoms with van der Waals surface area (Å²) in [5, 5.41) is 0. The number of benzene rings is 2. The number of halogens is 1. The van der Waals surface area contributed by atoms with Crippen LogP contribution in [0.2, 0.25) is 0 Å². The van der Waals surface area contributed by atoms with Crippen molar-refractivity contribution in [2.45, 2.75) is 13.5 Å². The van der Waals surface area contributed by atoms with Crippen LogP contribution in [0.15, 0.2) is 46.9 Å². The largest absolute Gasteiger partial charge is 0.457 e. The number of nitrogen functional groups attached to an aromatic ring is 1. The van der Waals surface area contributed by atoms with Crippen LogP contribution in [-0.4, -0.2) is 5.97 Å². The molecular weight excluding hydrogens is 306 g/mol. The molecule has 0 bridgehead atoms. The molecule has 0 unspecified atom stereocenters. The molecule has 4 heteroatoms. The topological polar surface area (TPSA) is 52.3 Å². The van der Waals surface area contributed by atoms with Crippen LogP contribution in [0.3, 0.4) is 0 Å². The lowest BCUT2D eigenvalue weighted by Crippen LogP contribution is -2.10. The summed E-state index contributed by atoms with van der Waals surface area (Å²) in [5.41, 5.74) is 8.44. The fourth-order valence-electron chi connectivity index (χ4n) is 1.82. The van der Waals surface area contributed by atoms with Crippen molar-refractivity contribution in [2.75, 3.05) is 5.73 Å². The number of ether oxygens (including phenoxy) is 1. The van der Waals surface area contributed by atoms with Crippen LogP contribution in [0.5, 0.6) is 0 Å². The summed E-state index contributed by atoms with van der Waals surface area (Å²) in [6, 6.07) is 13.0. The molecule has 2 aromatic rings. The number of carbonyl (C=O) groups excluding carboxylic acids is 1. The molecule has 2 N–H and O–H groups in total. The first-order valence-electron chi connectivity index (χ1n) is 5.84. The second kappa shape index (κ2) is 5.89. The first-order valence-corrected chi connectivity index (χ1v) is 6.64. The number of anilines is 1. The molecule has 2 aromatic carbocycles. The van der Waals surface area contributed by atoms with Gasteiger partial charge in [0.1, 0.15) is 6.61 Å². The summed E-state index contributed by atoms with van der Waals surface area (Å²) in [6.45, 7) is 2.07. The second-order valence-corrected chi connectivity index (χ2v) is 5.16. The Kier molecular flexibility index (Phi) is 4.22. The SMILES string of the molecule is Cc1cccc(N)c1C(=O)OCc1cccc(Br)c1. The molecule has 0 aliphatic rings. The van der Waals surface area contributed by atoms with E-state index in [1.807, 2.05) is 43.3 Å². The third-order valence-corrected chi connectivity index (χ3v) is 3.26. The van der Waals surface area contributed by atoms with E-state index in [2.05, 4.69) is 15.9 Å². The van der Waals surface area contributed by atoms with Gasteiger partial charge < -0.3 is 10.5 Å². The van der Waals surface area contributed by atoms with Gasteiger partial charge >= 0.3 is 5.97 Å². The number of nitrogens with two attached hydrogens (primary N) is 1. The quantitative estimate of drug-likeness (QED) is 0.693. The Morgan fingerprint density at radius 1 is 1.26 bits per heavy atom. The van der Waals surface area contributed by atoms with Gasteiger partial charge in [-0.25, -0.2) is 4.79 Å². The van der Waals surface area contributed by atoms with Crippen molar-refractivity contribution < 1.29 is 9.53 Å². The molecule has 0 aliphatic carbocycles. The summed E-state index contributed by atoms with van der Waals surface area (Å²) < 4.78 is 6.25. The van der Waals surface area contributed by atoms with Gasteiger partial charge in [0.15, 0.2) is 0 Å². The van der Waals surface area contributed by atoms with Crippen molar-refractivity contribution in [3.63, 3.8) is 0 Å². The van der Waals surface area contributed by atoms with Crippen molar-refractivity contribution in [3.8, 4) is 0 Å². The molecule has 0 heterocycles. The van der Waals surface area contributed by atoms with Crippen LogP contribution in [0.25, 0.3) is 0 Å². The van der Waals surface area contributed by atoms with Gasteiger partial charge in [-0.1, -0.05) is 40.2 Å². The standard InChI is InChI=1S/C15H14BrNO2/c1-10-4-2-7-13(17)14(10)15(18)19-9-11-5-3-6-12(16)8-11/h2-8H,9,17H2,1H3. The zero-order valence-corrected chi connectivity index (χ0v) is 12.1. The molecule has 0 saturated heterocycles. The van der Waals surface area contributed by atoms with Gasteiger partial charge in [0.25, 0.3) is 0 Å². The number of hydrogen-bond donors (Lipinski definition) is 1. The van der Waals surface area contributed by atoms with Crippen LogP contribution < -0.4 is 5.73 Å². The Bertz CT molecular complexity index is 591. The smallest absolute Gasteiger partial charge is 0.340 e. The van der Waals surface area contributed by atoms with Crippen LogP contribution in [0, 0.1) is 6.92 Å². The van der Waals surface area contributed by atoms with Crippen LogP contribution >= 0.6 is 15.9 Å². The van der Waals surface area contributed by atoms with Crippen LogP contribution in [-0.2, 0) is 11.3 Å². The molecule has 0 atom stereocenters. The number of hydrogen-bond acceptors (Lipinski definition) is 3. The van der Waals surface area contributed by atoms with Crippen LogP contribution in [0.4, 0.5) is 5.69 Å². The van der Waals surface area contributed by atoms with E-state index in [4.69, 9.17) is 10.5 Å². The van der Waals surface area contributed by atoms with Gasteiger partial charge in [-0.3, -0.25) is 0 Å². The Morgan fingerprint density at radius 2 is 2.00 bits per heavy atom. The first kappa shape index (κ1) is 13.6. The molecular formula is C15H14BrNO2. The molecule has 0 amide bonds. The highest BCUT2D eigenvalue weighted by Crippen LogP contribution is 2.18. The normalized spacial score (nSPS) is 10.2. The summed E-state index contributed by atoms with van der Waals surface area (Å²) in [5.74, 6) is -0.393. The van der Waals surface area contributed by atoms with Gasteiger partial charge in [0, 0.05) is 10.2 Å². The lowest BCUT2D eigenvalue weighted by atomic mass is 10.1. The van der Waals surface area contributed by atoms with Gasteiger partial charge in [0.2, 0.25) is 0 Å². The summed E-state index contributed by atoms with van der Waals surface area (Å²) in [6.07, 6.45) is 0. The predicted octanol–water partition coefficient (Wildman–Crippen LogP) is 3.70. The zero-order chi connectivity index (χ0) is 13.8. The average molecular weight is 320 g/mol. The Morgan fingerprint density at radius 3 is 2.68 bits per heavy atom. The highest BCUT2D eigenvalue weighted by molar-refractivity contribution is 9.10. The lowest BCUT2D eigenvalue weighted by Gasteiger charge is -2.09. The van der Waals surface area contributed by atoms with E-state index in [9.17, 15) is 4.79 Å². The zero-order valence-electron chi connectivity index (χ0n) is 10.5. The summed E-state index contributed by atoms with van der Waals surface area (Å²) in [7, 11) is 0. The molecule has 0 saturated carbocycles. The Hall–Kier alpha value is -1.81. The summed E-state index contributed by atoms with van der Waals surface area (Å²) in [4.78, 5) is 12.0. The number of aryl methyl sites for hydroxylation is 1. The van der Waals surface area contributed by atoms with Gasteiger partial charge in [-0.2, -0.15) is 0 Å². The van der Waals surface area contributed by atoms with Crippen molar-refractivity contribution in [3.05, 3.63) is 63.6 Å². The van der Waals surface area contributed by atoms with Crippen LogP contribution in [0.1, 0.15) is 21.5 Å². The highest BCUT2D eigenvalue weighted by Gasteiger charge is 2.13. The summed E-state index contributed by atoms with van der Waals surface area (Å²) >= 11 is 3.38. The number of carbonyl (C=O) groups is 1. The van der Waals surface area contributed by atoms with E-state index in [1.54, 1.807) is 6.07 Å². The molecule has 2 rings (SSSR count). The molecule has 19 heavy (non-hydrogen) atoms. The molecule has 98 valence electrons. The third-order valence-electron chi connectivity index (χ3n) is 2.77. The Balaban J connectivity index is 2.10. The van der Waals surface area contributed by atoms with E-state index >= 15 is 0 Å². The van der Waals surface area contributed by atoms with Gasteiger partial charge in [-0.15, -0.1) is 0 Å². The number of esters is 1. The predicted molar refractivity (Wildman–Crippen MR) is 78.9 cm³/mol.